The molecular formula is C24H26ClIN6O3. The molecule has 1 amide bonds. The molecule has 3 heterocycles. The summed E-state index contributed by atoms with van der Waals surface area (Å²) >= 11 is 8.90. The topological polar surface area (TPSA) is 101 Å². The summed E-state index contributed by atoms with van der Waals surface area (Å²) in [7, 11) is 1.53. The summed E-state index contributed by atoms with van der Waals surface area (Å²) in [5.74, 6) is 1.05. The molecular weight excluding hydrogens is 583 g/mol. The molecule has 1 atom stereocenters. The fourth-order valence-corrected chi connectivity index (χ4v) is 5.31. The van der Waals surface area contributed by atoms with Gasteiger partial charge in [0.2, 0.25) is 5.95 Å². The third kappa shape index (κ3) is 5.32. The number of carbonyl (C=O) groups excluding carboxylic acids is 1. The van der Waals surface area contributed by atoms with Crippen LogP contribution in [0.5, 0.6) is 5.75 Å². The van der Waals surface area contributed by atoms with Crippen LogP contribution in [0.25, 0.3) is 10.9 Å². The lowest BCUT2D eigenvalue weighted by Gasteiger charge is -2.30. The second kappa shape index (κ2) is 10.2. The molecule has 5 rings (SSSR count). The van der Waals surface area contributed by atoms with Crippen LogP contribution in [-0.2, 0) is 4.79 Å². The Morgan fingerprint density at radius 3 is 2.86 bits per heavy atom. The van der Waals surface area contributed by atoms with Crippen molar-refractivity contribution in [3.63, 3.8) is 0 Å². The Kier molecular flexibility index (Phi) is 7.01. The maximum Gasteiger partial charge on any atom is 0.293 e. The lowest BCUT2D eigenvalue weighted by Crippen LogP contribution is -2.36. The number of aromatic nitrogens is 3. The van der Waals surface area contributed by atoms with E-state index >= 15 is 0 Å². The van der Waals surface area contributed by atoms with Crippen LogP contribution in [0, 0.1) is 0 Å². The summed E-state index contributed by atoms with van der Waals surface area (Å²) < 4.78 is 7.91. The molecule has 2 fully saturated rings. The van der Waals surface area contributed by atoms with Crippen molar-refractivity contribution < 1.29 is 9.53 Å². The molecule has 3 aromatic rings. The third-order valence-corrected chi connectivity index (χ3v) is 7.49. The molecule has 1 aromatic carbocycles. The number of ether oxygens (including phenoxy) is 1. The van der Waals surface area contributed by atoms with Crippen molar-refractivity contribution in [1.29, 1.82) is 0 Å². The standard InChI is InChI=1S/C24H26ClIN6O3/c1-27-21(33)13-35-20-10-14-9-16(4-7-19(14)32(23(20)34)17-5-6-17)29-22-18(25)11-28-24(30-22)31-8-2-3-15(26)12-31/h4,7,9-11,15,17H,2-3,5-6,8,12-13H2,1H3,(H,27,33)(H,28,29,30). The second-order valence-electron chi connectivity index (χ2n) is 8.83. The number of pyridine rings is 1. The zero-order valence-corrected chi connectivity index (χ0v) is 22.2. The molecule has 1 aliphatic carbocycles. The van der Waals surface area contributed by atoms with Gasteiger partial charge >= 0.3 is 0 Å². The number of rotatable bonds is 7. The number of likely N-dealkylation sites (N-methyl/N-ethyl adjacent to an activating group) is 1. The number of hydrogen-bond acceptors (Lipinski definition) is 7. The van der Waals surface area contributed by atoms with E-state index in [-0.39, 0.29) is 29.9 Å². The zero-order valence-electron chi connectivity index (χ0n) is 19.3. The van der Waals surface area contributed by atoms with Gasteiger partial charge in [-0.1, -0.05) is 34.2 Å². The van der Waals surface area contributed by atoms with Crippen LogP contribution in [0.3, 0.4) is 0 Å². The quantitative estimate of drug-likeness (QED) is 0.308. The first kappa shape index (κ1) is 24.1. The summed E-state index contributed by atoms with van der Waals surface area (Å²) in [4.78, 5) is 36.0. The van der Waals surface area contributed by atoms with Gasteiger partial charge in [0.1, 0.15) is 5.02 Å². The van der Waals surface area contributed by atoms with Crippen LogP contribution in [0.1, 0.15) is 31.7 Å². The van der Waals surface area contributed by atoms with Gasteiger partial charge in [0.05, 0.1) is 11.7 Å². The van der Waals surface area contributed by atoms with E-state index in [0.29, 0.717) is 20.7 Å². The van der Waals surface area contributed by atoms with E-state index in [1.54, 1.807) is 16.8 Å². The Morgan fingerprint density at radius 1 is 1.29 bits per heavy atom. The summed E-state index contributed by atoms with van der Waals surface area (Å²) in [6.45, 7) is 1.62. The van der Waals surface area contributed by atoms with Crippen molar-refractivity contribution in [1.82, 2.24) is 19.9 Å². The number of halogens is 2. The van der Waals surface area contributed by atoms with Crippen molar-refractivity contribution in [3.05, 3.63) is 45.8 Å². The lowest BCUT2D eigenvalue weighted by atomic mass is 10.1. The van der Waals surface area contributed by atoms with Gasteiger partial charge in [-0.05, 0) is 49.9 Å². The first-order chi connectivity index (χ1) is 16.9. The van der Waals surface area contributed by atoms with Gasteiger partial charge in [-0.2, -0.15) is 4.98 Å². The molecule has 1 saturated carbocycles. The number of nitrogens with zero attached hydrogens (tertiary/aromatic N) is 4. The van der Waals surface area contributed by atoms with Crippen molar-refractivity contribution in [3.8, 4) is 5.75 Å². The van der Waals surface area contributed by atoms with Gasteiger partial charge in [0, 0.05) is 41.2 Å². The second-order valence-corrected chi connectivity index (χ2v) is 11.0. The van der Waals surface area contributed by atoms with E-state index in [2.05, 4.69) is 43.1 Å². The molecule has 35 heavy (non-hydrogen) atoms. The summed E-state index contributed by atoms with van der Waals surface area (Å²) in [6.07, 6.45) is 5.83. The molecule has 1 unspecified atom stereocenters. The van der Waals surface area contributed by atoms with Crippen molar-refractivity contribution in [2.45, 2.75) is 35.6 Å². The Labute approximate surface area is 221 Å². The number of nitrogens with one attached hydrogen (secondary N) is 2. The summed E-state index contributed by atoms with van der Waals surface area (Å²) in [5, 5.41) is 7.06. The molecule has 0 spiro atoms. The Morgan fingerprint density at radius 2 is 2.11 bits per heavy atom. The van der Waals surface area contributed by atoms with Gasteiger partial charge in [0.25, 0.3) is 11.5 Å². The highest BCUT2D eigenvalue weighted by molar-refractivity contribution is 14.1. The SMILES string of the molecule is CNC(=O)COc1cc2cc(Nc3nc(N4CCCC(I)C4)ncc3Cl)ccc2n(C2CC2)c1=O. The highest BCUT2D eigenvalue weighted by Gasteiger charge is 2.28. The van der Waals surface area contributed by atoms with Crippen LogP contribution >= 0.6 is 34.2 Å². The van der Waals surface area contributed by atoms with E-state index in [1.807, 2.05) is 18.2 Å². The molecule has 9 nitrogen and oxygen atoms in total. The highest BCUT2D eigenvalue weighted by atomic mass is 127. The minimum atomic E-state index is -0.297. The minimum absolute atomic E-state index is 0.150. The van der Waals surface area contributed by atoms with E-state index < -0.39 is 0 Å². The predicted molar refractivity (Wildman–Crippen MR) is 146 cm³/mol. The van der Waals surface area contributed by atoms with Crippen molar-refractivity contribution in [2.24, 2.45) is 0 Å². The number of hydrogen-bond donors (Lipinski definition) is 2. The van der Waals surface area contributed by atoms with Gasteiger partial charge in [0.15, 0.2) is 18.2 Å². The Bertz CT molecular complexity index is 1330. The van der Waals surface area contributed by atoms with E-state index in [0.717, 1.165) is 48.9 Å². The molecule has 1 aliphatic heterocycles. The van der Waals surface area contributed by atoms with Crippen LogP contribution < -0.4 is 25.8 Å². The largest absolute Gasteiger partial charge is 0.478 e. The first-order valence-corrected chi connectivity index (χ1v) is 13.3. The number of carbonyl (C=O) groups is 1. The minimum Gasteiger partial charge on any atom is -0.478 e. The smallest absolute Gasteiger partial charge is 0.293 e. The van der Waals surface area contributed by atoms with Gasteiger partial charge in [-0.3, -0.25) is 9.59 Å². The monoisotopic (exact) mass is 608 g/mol. The van der Waals surface area contributed by atoms with Crippen LogP contribution in [0.15, 0.2) is 35.3 Å². The molecule has 1 saturated heterocycles. The average Bonchev–Trinajstić information content (AvgIpc) is 3.69. The summed E-state index contributed by atoms with van der Waals surface area (Å²) in [5.41, 5.74) is 1.38. The number of piperidine rings is 1. The van der Waals surface area contributed by atoms with Gasteiger partial charge < -0.3 is 24.8 Å². The molecule has 0 bridgehead atoms. The molecule has 2 N–H and O–H groups in total. The molecule has 0 radical (unpaired) electrons. The number of amides is 1. The third-order valence-electron chi connectivity index (χ3n) is 6.19. The fourth-order valence-electron chi connectivity index (χ4n) is 4.25. The average molecular weight is 609 g/mol. The van der Waals surface area contributed by atoms with Crippen molar-refractivity contribution in [2.75, 3.05) is 37.0 Å². The first-order valence-electron chi connectivity index (χ1n) is 11.6. The number of alkyl halides is 1. The predicted octanol–water partition coefficient (Wildman–Crippen LogP) is 4.05. The molecule has 184 valence electrons. The van der Waals surface area contributed by atoms with Crippen LogP contribution in [-0.4, -0.2) is 51.1 Å². The number of fused-ring (bicyclic) bond motifs is 1. The maximum absolute atomic E-state index is 13.0. The molecule has 2 aromatic heterocycles. The normalized spacial score (nSPS) is 17.9. The molecule has 2 aliphatic rings. The number of benzene rings is 1. The highest BCUT2D eigenvalue weighted by Crippen LogP contribution is 2.37. The Balaban J connectivity index is 1.46. The van der Waals surface area contributed by atoms with E-state index in [4.69, 9.17) is 21.3 Å². The van der Waals surface area contributed by atoms with Crippen LogP contribution in [0.4, 0.5) is 17.5 Å². The molecule has 11 heteroatoms. The number of anilines is 3. The zero-order chi connectivity index (χ0) is 24.5. The van der Waals surface area contributed by atoms with Gasteiger partial charge in [-0.25, -0.2) is 4.98 Å². The maximum atomic E-state index is 13.0. The van der Waals surface area contributed by atoms with E-state index in [9.17, 15) is 9.59 Å². The lowest BCUT2D eigenvalue weighted by molar-refractivity contribution is -0.122. The Hall–Kier alpha value is -2.60. The van der Waals surface area contributed by atoms with E-state index in [1.165, 1.54) is 13.5 Å². The van der Waals surface area contributed by atoms with Crippen LogP contribution in [0.2, 0.25) is 5.02 Å². The summed E-state index contributed by atoms with van der Waals surface area (Å²) in [6, 6.07) is 7.59. The fraction of sp³-hybridized carbons (Fsp3) is 0.417. The van der Waals surface area contributed by atoms with Crippen molar-refractivity contribution >= 4 is 68.5 Å². The van der Waals surface area contributed by atoms with Gasteiger partial charge in [-0.15, -0.1) is 0 Å².